The number of unbranched alkanes of at least 4 members (excludes halogenated alkanes) is 12. The Balaban J connectivity index is 0.00000648. The summed E-state index contributed by atoms with van der Waals surface area (Å²) in [5.41, 5.74) is 1.36. The maximum absolute atomic E-state index is 9.25. The van der Waals surface area contributed by atoms with Crippen LogP contribution in [0.15, 0.2) is 59.8 Å². The molecule has 3 nitrogen and oxygen atoms in total. The summed E-state index contributed by atoms with van der Waals surface area (Å²) in [4.78, 5) is 4.94. The normalized spacial score (nSPS) is 17.7. The second-order valence-corrected chi connectivity index (χ2v) is 10.3. The number of amidine groups is 1. The third kappa shape index (κ3) is 13.8. The first-order valence-corrected chi connectivity index (χ1v) is 14.7. The number of hydrogen-bond acceptors (Lipinski definition) is 2. The molecule has 1 atom stereocenters. The van der Waals surface area contributed by atoms with Crippen molar-refractivity contribution in [1.29, 1.82) is 0 Å². The van der Waals surface area contributed by atoms with Gasteiger partial charge in [-0.3, -0.25) is 0 Å². The smallest absolute Gasteiger partial charge is 0.203 e. The summed E-state index contributed by atoms with van der Waals surface area (Å²) in [6.07, 6.45) is 29.9. The van der Waals surface area contributed by atoms with Crippen LogP contribution in [-0.2, 0) is 6.54 Å². The van der Waals surface area contributed by atoms with E-state index in [4.69, 9.17) is 4.99 Å². The molecule has 0 radical (unpaired) electrons. The summed E-state index contributed by atoms with van der Waals surface area (Å²) in [6.45, 7) is 5.42. The Labute approximate surface area is 228 Å². The molecule has 204 valence electrons. The lowest BCUT2D eigenvalue weighted by molar-refractivity contribution is -0.797. The van der Waals surface area contributed by atoms with Gasteiger partial charge in [0.2, 0.25) is 5.84 Å². The quantitative estimate of drug-likeness (QED) is 0.126. The molecule has 0 aromatic heterocycles. The minimum absolute atomic E-state index is 0. The van der Waals surface area contributed by atoms with Gasteiger partial charge >= 0.3 is 0 Å². The Kier molecular flexibility index (Phi) is 19.6. The summed E-state index contributed by atoms with van der Waals surface area (Å²) < 4.78 is 0.842. The van der Waals surface area contributed by atoms with E-state index in [0.29, 0.717) is 0 Å². The Morgan fingerprint density at radius 1 is 0.778 bits per heavy atom. The molecule has 1 unspecified atom stereocenters. The van der Waals surface area contributed by atoms with Crippen molar-refractivity contribution in [3.8, 4) is 0 Å². The number of benzene rings is 1. The first-order chi connectivity index (χ1) is 17.3. The number of aliphatic hydroxyl groups excluding tert-OH is 1. The van der Waals surface area contributed by atoms with Gasteiger partial charge in [0.25, 0.3) is 0 Å². The lowest BCUT2D eigenvalue weighted by Gasteiger charge is -2.31. The van der Waals surface area contributed by atoms with Crippen molar-refractivity contribution in [2.75, 3.05) is 19.7 Å². The van der Waals surface area contributed by atoms with Crippen molar-refractivity contribution in [2.45, 2.75) is 116 Å². The highest BCUT2D eigenvalue weighted by atomic mass is 35.5. The molecule has 0 saturated carbocycles. The van der Waals surface area contributed by atoms with Crippen LogP contribution in [0.2, 0.25) is 0 Å². The van der Waals surface area contributed by atoms with E-state index in [-0.39, 0.29) is 19.0 Å². The number of rotatable bonds is 21. The van der Waals surface area contributed by atoms with Gasteiger partial charge in [-0.05, 0) is 44.6 Å². The lowest BCUT2D eigenvalue weighted by atomic mass is 10.1. The van der Waals surface area contributed by atoms with Crippen LogP contribution in [-0.4, -0.2) is 35.1 Å². The highest BCUT2D eigenvalue weighted by Crippen LogP contribution is 2.25. The Morgan fingerprint density at radius 3 is 2.03 bits per heavy atom. The van der Waals surface area contributed by atoms with E-state index < -0.39 is 0 Å². The van der Waals surface area contributed by atoms with E-state index >= 15 is 0 Å². The fourth-order valence-corrected chi connectivity index (χ4v) is 5.10. The van der Waals surface area contributed by atoms with Gasteiger partial charge in [-0.2, -0.15) is 0 Å². The summed E-state index contributed by atoms with van der Waals surface area (Å²) in [6, 6.07) is 10.8. The predicted octanol–water partition coefficient (Wildman–Crippen LogP) is 5.74. The Bertz CT molecular complexity index is 731. The monoisotopic (exact) mass is 516 g/mol. The molecular weight excluding hydrogens is 464 g/mol. The van der Waals surface area contributed by atoms with Crippen molar-refractivity contribution < 1.29 is 22.0 Å². The molecule has 0 fully saturated rings. The summed E-state index contributed by atoms with van der Waals surface area (Å²) in [7, 11) is 0. The van der Waals surface area contributed by atoms with Crippen LogP contribution in [0, 0.1) is 0 Å². The first kappa shape index (κ1) is 32.6. The van der Waals surface area contributed by atoms with Crippen LogP contribution in [0.3, 0.4) is 0 Å². The van der Waals surface area contributed by atoms with E-state index in [1.807, 2.05) is 0 Å². The first-order valence-electron chi connectivity index (χ1n) is 14.7. The van der Waals surface area contributed by atoms with Gasteiger partial charge in [-0.15, -0.1) is 0 Å². The number of halogens is 1. The SMILES string of the molecule is CCCCCCCC/C=C\CCCCCCCCC1=NCC[N+]1(C=CCCO)Cc1ccccc1.[Cl-]. The summed E-state index contributed by atoms with van der Waals surface area (Å²) >= 11 is 0. The van der Waals surface area contributed by atoms with E-state index in [9.17, 15) is 5.11 Å². The van der Waals surface area contributed by atoms with Crippen LogP contribution >= 0.6 is 0 Å². The van der Waals surface area contributed by atoms with E-state index in [1.54, 1.807) is 0 Å². The third-order valence-corrected chi connectivity index (χ3v) is 7.21. The molecule has 0 spiro atoms. The maximum atomic E-state index is 9.25. The van der Waals surface area contributed by atoms with E-state index in [1.165, 1.54) is 101 Å². The minimum Gasteiger partial charge on any atom is -1.00 e. The van der Waals surface area contributed by atoms with Gasteiger partial charge in [0.1, 0.15) is 13.1 Å². The average Bonchev–Trinajstić information content (AvgIpc) is 3.26. The number of allylic oxidation sites excluding steroid dienone is 2. The number of hydrogen-bond donors (Lipinski definition) is 1. The van der Waals surface area contributed by atoms with Crippen LogP contribution in [0.5, 0.6) is 0 Å². The lowest BCUT2D eigenvalue weighted by Crippen LogP contribution is -3.00. The van der Waals surface area contributed by atoms with Gasteiger partial charge in [0.15, 0.2) is 0 Å². The molecule has 1 heterocycles. The molecule has 1 aliphatic rings. The molecule has 4 heteroatoms. The van der Waals surface area contributed by atoms with Crippen molar-refractivity contribution in [1.82, 2.24) is 0 Å². The van der Waals surface area contributed by atoms with Crippen molar-refractivity contribution in [3.05, 3.63) is 60.3 Å². The van der Waals surface area contributed by atoms with Crippen LogP contribution < -0.4 is 12.4 Å². The molecular formula is C32H53ClN2O. The van der Waals surface area contributed by atoms with Crippen LogP contribution in [0.1, 0.15) is 115 Å². The zero-order valence-corrected chi connectivity index (χ0v) is 23.8. The predicted molar refractivity (Wildman–Crippen MR) is 152 cm³/mol. The van der Waals surface area contributed by atoms with Crippen LogP contribution in [0.25, 0.3) is 0 Å². The van der Waals surface area contributed by atoms with E-state index in [0.717, 1.165) is 37.0 Å². The van der Waals surface area contributed by atoms with Gasteiger partial charge in [0, 0.05) is 18.6 Å². The molecule has 1 N–H and O–H groups in total. The number of aliphatic imine (C=N–C) groups is 1. The van der Waals surface area contributed by atoms with Crippen molar-refractivity contribution in [3.63, 3.8) is 0 Å². The van der Waals surface area contributed by atoms with Gasteiger partial charge in [-0.25, -0.2) is 9.48 Å². The standard InChI is InChI=1S/C32H53N2O.ClH/c1-2-3-4-5-6-7-8-9-10-11-12-13-14-15-16-20-25-32-33-26-28-34(32,27-21-22-29-35)30-31-23-18-17-19-24-31;/h9-10,17-19,21,23-24,27,35H,2-8,11-16,20,22,25-26,28-30H2,1H3;1H/q+1;/p-1/b10-9-,27-21?;. The molecule has 1 aromatic carbocycles. The summed E-state index contributed by atoms with van der Waals surface area (Å²) in [5, 5.41) is 9.25. The molecule has 0 bridgehead atoms. The minimum atomic E-state index is 0. The van der Waals surface area contributed by atoms with Crippen molar-refractivity contribution in [2.24, 2.45) is 4.99 Å². The van der Waals surface area contributed by atoms with Gasteiger partial charge < -0.3 is 17.5 Å². The second kappa shape index (κ2) is 21.6. The topological polar surface area (TPSA) is 32.6 Å². The molecule has 2 rings (SSSR count). The maximum Gasteiger partial charge on any atom is 0.203 e. The molecule has 0 saturated heterocycles. The summed E-state index contributed by atoms with van der Waals surface area (Å²) in [5.74, 6) is 1.33. The van der Waals surface area contributed by atoms with E-state index in [2.05, 4.69) is 61.7 Å². The molecule has 0 amide bonds. The Hall–Kier alpha value is -1.42. The fourth-order valence-electron chi connectivity index (χ4n) is 5.10. The Morgan fingerprint density at radius 2 is 1.39 bits per heavy atom. The molecule has 1 aromatic rings. The van der Waals surface area contributed by atoms with Crippen molar-refractivity contribution >= 4 is 5.84 Å². The number of quaternary nitrogens is 1. The zero-order valence-electron chi connectivity index (χ0n) is 23.1. The number of nitrogens with zero attached hydrogens (tertiary/aromatic N) is 2. The van der Waals surface area contributed by atoms with Gasteiger partial charge in [0.05, 0.1) is 12.7 Å². The largest absolute Gasteiger partial charge is 1.00 e. The van der Waals surface area contributed by atoms with Crippen LogP contribution in [0.4, 0.5) is 0 Å². The number of aliphatic hydroxyl groups is 1. The highest BCUT2D eigenvalue weighted by Gasteiger charge is 2.36. The average molecular weight is 517 g/mol. The second-order valence-electron chi connectivity index (χ2n) is 10.3. The molecule has 0 aliphatic carbocycles. The fraction of sp³-hybridized carbons (Fsp3) is 0.656. The molecule has 36 heavy (non-hydrogen) atoms. The third-order valence-electron chi connectivity index (χ3n) is 7.21. The zero-order chi connectivity index (χ0) is 24.9. The molecule has 1 aliphatic heterocycles. The van der Waals surface area contributed by atoms with Gasteiger partial charge in [-0.1, -0.05) is 107 Å². The highest BCUT2D eigenvalue weighted by molar-refractivity contribution is 5.77.